The summed E-state index contributed by atoms with van der Waals surface area (Å²) in [6.45, 7) is 1.76. The largest absolute Gasteiger partial charge is 0.459 e. The van der Waals surface area contributed by atoms with Crippen LogP contribution in [-0.2, 0) is 11.3 Å². The number of rotatable bonds is 4. The third kappa shape index (κ3) is 3.79. The lowest BCUT2D eigenvalue weighted by molar-refractivity contribution is -0.136. The molecule has 5 heteroatoms. The number of carbonyl (C=O) groups excluding carboxylic acids is 2. The molecule has 1 aliphatic rings. The number of hydrogen-bond acceptors (Lipinski definition) is 3. The van der Waals surface area contributed by atoms with Gasteiger partial charge in [-0.25, -0.2) is 0 Å². The van der Waals surface area contributed by atoms with Gasteiger partial charge in [0.05, 0.1) is 6.26 Å². The molecule has 28 heavy (non-hydrogen) atoms. The number of likely N-dealkylation sites (tertiary alicyclic amines) is 1. The Hall–Kier alpha value is -3.08. The van der Waals surface area contributed by atoms with E-state index >= 15 is 0 Å². The number of benzene rings is 2. The summed E-state index contributed by atoms with van der Waals surface area (Å²) in [5.41, 5.74) is 1.12. The molecule has 0 bridgehead atoms. The molecule has 1 fully saturated rings. The SMILES string of the molecule is CN(Cc1ccc2ccccc2c1)C(=O)C1CCN(C(=O)c2ccco2)CC1. The van der Waals surface area contributed by atoms with Gasteiger partial charge in [0.1, 0.15) is 0 Å². The second-order valence-corrected chi connectivity index (χ2v) is 7.42. The Bertz CT molecular complexity index is 972. The van der Waals surface area contributed by atoms with E-state index in [0.717, 1.165) is 5.56 Å². The predicted octanol–water partition coefficient (Wildman–Crippen LogP) is 3.94. The average Bonchev–Trinajstić information content (AvgIpc) is 3.27. The molecule has 5 nitrogen and oxygen atoms in total. The lowest BCUT2D eigenvalue weighted by atomic mass is 9.95. The summed E-state index contributed by atoms with van der Waals surface area (Å²) in [6.07, 6.45) is 2.88. The normalized spacial score (nSPS) is 15.0. The second-order valence-electron chi connectivity index (χ2n) is 7.42. The van der Waals surface area contributed by atoms with Crippen molar-refractivity contribution in [2.45, 2.75) is 19.4 Å². The van der Waals surface area contributed by atoms with Gasteiger partial charge in [0.2, 0.25) is 5.91 Å². The Labute approximate surface area is 164 Å². The van der Waals surface area contributed by atoms with Gasteiger partial charge in [0, 0.05) is 32.6 Å². The average molecular weight is 376 g/mol. The quantitative estimate of drug-likeness (QED) is 0.693. The topological polar surface area (TPSA) is 53.8 Å². The number of fused-ring (bicyclic) bond motifs is 1. The van der Waals surface area contributed by atoms with Crippen molar-refractivity contribution in [3.63, 3.8) is 0 Å². The van der Waals surface area contributed by atoms with Crippen molar-refractivity contribution in [2.75, 3.05) is 20.1 Å². The van der Waals surface area contributed by atoms with E-state index in [2.05, 4.69) is 30.3 Å². The lowest BCUT2D eigenvalue weighted by Crippen LogP contribution is -2.43. The maximum Gasteiger partial charge on any atom is 0.289 e. The van der Waals surface area contributed by atoms with Crippen LogP contribution in [0.4, 0.5) is 0 Å². The summed E-state index contributed by atoms with van der Waals surface area (Å²) >= 11 is 0. The maximum absolute atomic E-state index is 12.9. The summed E-state index contributed by atoms with van der Waals surface area (Å²) in [6, 6.07) is 17.9. The first-order valence-electron chi connectivity index (χ1n) is 9.67. The van der Waals surface area contributed by atoms with Crippen LogP contribution in [0.3, 0.4) is 0 Å². The van der Waals surface area contributed by atoms with Crippen LogP contribution in [0.2, 0.25) is 0 Å². The Morgan fingerprint density at radius 1 is 1.04 bits per heavy atom. The predicted molar refractivity (Wildman–Crippen MR) is 108 cm³/mol. The molecule has 1 saturated heterocycles. The lowest BCUT2D eigenvalue weighted by Gasteiger charge is -2.32. The molecule has 0 aliphatic carbocycles. The minimum Gasteiger partial charge on any atom is -0.459 e. The molecule has 0 unspecified atom stereocenters. The Morgan fingerprint density at radius 3 is 2.50 bits per heavy atom. The van der Waals surface area contributed by atoms with E-state index in [1.807, 2.05) is 19.2 Å². The number of carbonyl (C=O) groups is 2. The van der Waals surface area contributed by atoms with Crippen molar-refractivity contribution in [1.82, 2.24) is 9.80 Å². The van der Waals surface area contributed by atoms with Crippen molar-refractivity contribution < 1.29 is 14.0 Å². The first-order valence-corrected chi connectivity index (χ1v) is 9.67. The summed E-state index contributed by atoms with van der Waals surface area (Å²) in [5.74, 6) is 0.378. The smallest absolute Gasteiger partial charge is 0.289 e. The minimum absolute atomic E-state index is 0.0360. The van der Waals surface area contributed by atoms with Crippen LogP contribution in [0, 0.1) is 5.92 Å². The standard InChI is InChI=1S/C23H24N2O3/c1-24(16-17-8-9-18-5-2-3-6-20(18)15-17)22(26)19-10-12-25(13-11-19)23(27)21-7-4-14-28-21/h2-9,14-15,19H,10-13,16H2,1H3. The van der Waals surface area contributed by atoms with E-state index in [-0.39, 0.29) is 17.7 Å². The molecule has 0 spiro atoms. The van der Waals surface area contributed by atoms with Crippen molar-refractivity contribution in [1.29, 1.82) is 0 Å². The fraction of sp³-hybridized carbons (Fsp3) is 0.304. The van der Waals surface area contributed by atoms with Gasteiger partial charge in [0.15, 0.2) is 5.76 Å². The van der Waals surface area contributed by atoms with E-state index < -0.39 is 0 Å². The fourth-order valence-corrected chi connectivity index (χ4v) is 3.89. The molecule has 144 valence electrons. The Morgan fingerprint density at radius 2 is 1.79 bits per heavy atom. The van der Waals surface area contributed by atoms with Gasteiger partial charge >= 0.3 is 0 Å². The van der Waals surface area contributed by atoms with Crippen LogP contribution >= 0.6 is 0 Å². The van der Waals surface area contributed by atoms with Gasteiger partial charge < -0.3 is 14.2 Å². The van der Waals surface area contributed by atoms with Crippen molar-refractivity contribution in [2.24, 2.45) is 5.92 Å². The monoisotopic (exact) mass is 376 g/mol. The van der Waals surface area contributed by atoms with Crippen molar-refractivity contribution in [3.05, 3.63) is 72.2 Å². The van der Waals surface area contributed by atoms with Gasteiger partial charge in [-0.1, -0.05) is 36.4 Å². The third-order valence-electron chi connectivity index (χ3n) is 5.47. The summed E-state index contributed by atoms with van der Waals surface area (Å²) in [7, 11) is 1.86. The molecular formula is C23H24N2O3. The molecule has 2 heterocycles. The highest BCUT2D eigenvalue weighted by Gasteiger charge is 2.30. The molecule has 2 amide bonds. The summed E-state index contributed by atoms with van der Waals surface area (Å²) in [4.78, 5) is 28.8. The minimum atomic E-state index is -0.0968. The third-order valence-corrected chi connectivity index (χ3v) is 5.47. The Kier molecular flexibility index (Phi) is 5.15. The van der Waals surface area contributed by atoms with Crippen LogP contribution in [-0.4, -0.2) is 41.8 Å². The highest BCUT2D eigenvalue weighted by atomic mass is 16.3. The molecule has 0 saturated carbocycles. The van der Waals surface area contributed by atoms with E-state index in [9.17, 15) is 9.59 Å². The van der Waals surface area contributed by atoms with E-state index in [1.54, 1.807) is 21.9 Å². The Balaban J connectivity index is 1.34. The summed E-state index contributed by atoms with van der Waals surface area (Å²) < 4.78 is 5.19. The van der Waals surface area contributed by atoms with Crippen LogP contribution in [0.25, 0.3) is 10.8 Å². The first-order chi connectivity index (χ1) is 13.6. The first kappa shape index (κ1) is 18.3. The number of hydrogen-bond donors (Lipinski definition) is 0. The van der Waals surface area contributed by atoms with Gasteiger partial charge in [-0.15, -0.1) is 0 Å². The van der Waals surface area contributed by atoms with Crippen LogP contribution in [0.1, 0.15) is 29.0 Å². The highest BCUT2D eigenvalue weighted by molar-refractivity contribution is 5.91. The molecule has 0 atom stereocenters. The van der Waals surface area contributed by atoms with Gasteiger partial charge in [-0.3, -0.25) is 9.59 Å². The molecular weight excluding hydrogens is 352 g/mol. The molecule has 0 N–H and O–H groups in total. The van der Waals surface area contributed by atoms with Gasteiger partial charge in [0.25, 0.3) is 5.91 Å². The highest BCUT2D eigenvalue weighted by Crippen LogP contribution is 2.22. The molecule has 3 aromatic rings. The maximum atomic E-state index is 12.9. The van der Waals surface area contributed by atoms with E-state index in [0.29, 0.717) is 38.2 Å². The van der Waals surface area contributed by atoms with Crippen LogP contribution in [0.15, 0.2) is 65.3 Å². The number of amides is 2. The van der Waals surface area contributed by atoms with E-state index in [4.69, 9.17) is 4.42 Å². The zero-order valence-electron chi connectivity index (χ0n) is 16.0. The molecule has 0 radical (unpaired) electrons. The fourth-order valence-electron chi connectivity index (χ4n) is 3.89. The molecule has 1 aromatic heterocycles. The van der Waals surface area contributed by atoms with Crippen molar-refractivity contribution >= 4 is 22.6 Å². The van der Waals surface area contributed by atoms with Crippen LogP contribution in [0.5, 0.6) is 0 Å². The molecule has 1 aliphatic heterocycles. The van der Waals surface area contributed by atoms with E-state index in [1.165, 1.54) is 17.0 Å². The zero-order valence-corrected chi connectivity index (χ0v) is 16.0. The molecule has 2 aromatic carbocycles. The number of nitrogens with zero attached hydrogens (tertiary/aromatic N) is 2. The zero-order chi connectivity index (χ0) is 19.5. The van der Waals surface area contributed by atoms with Gasteiger partial charge in [-0.2, -0.15) is 0 Å². The van der Waals surface area contributed by atoms with Gasteiger partial charge in [-0.05, 0) is 47.4 Å². The molecule has 4 rings (SSSR count). The van der Waals surface area contributed by atoms with Crippen molar-refractivity contribution in [3.8, 4) is 0 Å². The summed E-state index contributed by atoms with van der Waals surface area (Å²) in [5, 5.41) is 2.39. The number of furan rings is 1. The number of piperidine rings is 1. The second kappa shape index (κ2) is 7.89. The van der Waals surface area contributed by atoms with Crippen LogP contribution < -0.4 is 0 Å².